The van der Waals surface area contributed by atoms with E-state index in [4.69, 9.17) is 9.47 Å². The van der Waals surface area contributed by atoms with Crippen molar-refractivity contribution in [3.05, 3.63) is 59.9 Å². The van der Waals surface area contributed by atoms with Gasteiger partial charge in [0.1, 0.15) is 23.4 Å². The molecule has 156 valence electrons. The van der Waals surface area contributed by atoms with Crippen LogP contribution in [0, 0.1) is 5.82 Å². The number of hydrogen-bond donors (Lipinski definition) is 1. The molecule has 0 bridgehead atoms. The van der Waals surface area contributed by atoms with Crippen molar-refractivity contribution in [2.24, 2.45) is 0 Å². The third kappa shape index (κ3) is 6.78. The Morgan fingerprint density at radius 2 is 1.59 bits per heavy atom. The van der Waals surface area contributed by atoms with Crippen molar-refractivity contribution in [2.75, 3.05) is 13.7 Å². The molecule has 1 atom stereocenters. The molecular formula is C22H27FN2O4. The quantitative estimate of drug-likeness (QED) is 0.700. The molecule has 0 aromatic heterocycles. The summed E-state index contributed by atoms with van der Waals surface area (Å²) in [6, 6.07) is 12.0. The van der Waals surface area contributed by atoms with Crippen LogP contribution in [0.15, 0.2) is 48.5 Å². The molecular weight excluding hydrogens is 375 g/mol. The Labute approximate surface area is 170 Å². The molecule has 2 aromatic carbocycles. The van der Waals surface area contributed by atoms with E-state index in [0.717, 1.165) is 5.56 Å². The maximum absolute atomic E-state index is 13.0. The minimum absolute atomic E-state index is 0.0432. The Bertz CT molecular complexity index is 807. The van der Waals surface area contributed by atoms with Gasteiger partial charge in [0.2, 0.25) is 5.91 Å². The molecule has 29 heavy (non-hydrogen) atoms. The third-order valence-corrected chi connectivity index (χ3v) is 4.29. The number of ether oxygens (including phenoxy) is 2. The molecule has 6 nitrogen and oxygen atoms in total. The van der Waals surface area contributed by atoms with Crippen LogP contribution in [0.4, 0.5) is 4.39 Å². The lowest BCUT2D eigenvalue weighted by molar-refractivity contribution is -0.142. The van der Waals surface area contributed by atoms with Crippen molar-refractivity contribution in [3.8, 4) is 11.5 Å². The summed E-state index contributed by atoms with van der Waals surface area (Å²) in [6.45, 7) is 5.37. The normalized spacial score (nSPS) is 11.7. The van der Waals surface area contributed by atoms with Gasteiger partial charge in [0, 0.05) is 12.6 Å². The third-order valence-electron chi connectivity index (χ3n) is 4.29. The zero-order chi connectivity index (χ0) is 21.4. The SMILES string of the molecule is COc1ccc(CN(C(=O)COc2ccc(F)cc2)[C@H](C)C(=O)NC(C)C)cc1. The lowest BCUT2D eigenvalue weighted by atomic mass is 10.1. The van der Waals surface area contributed by atoms with Gasteiger partial charge >= 0.3 is 0 Å². The van der Waals surface area contributed by atoms with E-state index < -0.39 is 6.04 Å². The molecule has 0 radical (unpaired) electrons. The van der Waals surface area contributed by atoms with Crippen LogP contribution >= 0.6 is 0 Å². The Hall–Kier alpha value is -3.09. The molecule has 1 N–H and O–H groups in total. The van der Waals surface area contributed by atoms with Gasteiger partial charge in [0.25, 0.3) is 5.91 Å². The first-order valence-electron chi connectivity index (χ1n) is 9.41. The van der Waals surface area contributed by atoms with Crippen molar-refractivity contribution >= 4 is 11.8 Å². The van der Waals surface area contributed by atoms with E-state index in [1.54, 1.807) is 26.2 Å². The van der Waals surface area contributed by atoms with Gasteiger partial charge in [-0.1, -0.05) is 12.1 Å². The molecule has 2 rings (SSSR count). The maximum atomic E-state index is 13.0. The summed E-state index contributed by atoms with van der Waals surface area (Å²) in [6.07, 6.45) is 0. The van der Waals surface area contributed by atoms with Crippen LogP contribution in [0.1, 0.15) is 26.3 Å². The molecule has 0 aliphatic rings. The van der Waals surface area contributed by atoms with Crippen LogP contribution in [0.25, 0.3) is 0 Å². The number of halogens is 1. The highest BCUT2D eigenvalue weighted by Crippen LogP contribution is 2.16. The first kappa shape index (κ1) is 22.2. The Balaban J connectivity index is 2.13. The summed E-state index contributed by atoms with van der Waals surface area (Å²) >= 11 is 0. The van der Waals surface area contributed by atoms with E-state index in [1.165, 1.54) is 29.2 Å². The van der Waals surface area contributed by atoms with Crippen molar-refractivity contribution in [1.29, 1.82) is 0 Å². The molecule has 0 unspecified atom stereocenters. The van der Waals surface area contributed by atoms with Gasteiger partial charge in [0.15, 0.2) is 6.61 Å². The summed E-state index contributed by atoms with van der Waals surface area (Å²) in [5.74, 6) is 0.101. The average molecular weight is 402 g/mol. The molecule has 0 heterocycles. The fourth-order valence-corrected chi connectivity index (χ4v) is 2.67. The van der Waals surface area contributed by atoms with Crippen LogP contribution in [0.3, 0.4) is 0 Å². The smallest absolute Gasteiger partial charge is 0.261 e. The molecule has 0 saturated heterocycles. The molecule has 7 heteroatoms. The molecule has 0 saturated carbocycles. The number of carbonyl (C=O) groups excluding carboxylic acids is 2. The number of hydrogen-bond acceptors (Lipinski definition) is 4. The second kappa shape index (κ2) is 10.5. The van der Waals surface area contributed by atoms with Crippen LogP contribution in [0.2, 0.25) is 0 Å². The van der Waals surface area contributed by atoms with E-state index in [9.17, 15) is 14.0 Å². The van der Waals surface area contributed by atoms with E-state index in [0.29, 0.717) is 11.5 Å². The summed E-state index contributed by atoms with van der Waals surface area (Å²) in [5.41, 5.74) is 0.852. The Morgan fingerprint density at radius 1 is 1.00 bits per heavy atom. The predicted molar refractivity (Wildman–Crippen MR) is 108 cm³/mol. The van der Waals surface area contributed by atoms with E-state index >= 15 is 0 Å². The summed E-state index contributed by atoms with van der Waals surface area (Å²) in [5, 5.41) is 2.83. The lowest BCUT2D eigenvalue weighted by Gasteiger charge is -2.29. The van der Waals surface area contributed by atoms with E-state index in [2.05, 4.69) is 5.32 Å². The van der Waals surface area contributed by atoms with Gasteiger partial charge in [-0.2, -0.15) is 0 Å². The molecule has 0 aliphatic heterocycles. The zero-order valence-corrected chi connectivity index (χ0v) is 17.1. The van der Waals surface area contributed by atoms with Gasteiger partial charge < -0.3 is 19.7 Å². The predicted octanol–water partition coefficient (Wildman–Crippen LogP) is 3.16. The number of carbonyl (C=O) groups is 2. The molecule has 0 spiro atoms. The maximum Gasteiger partial charge on any atom is 0.261 e. The van der Waals surface area contributed by atoms with Gasteiger partial charge in [-0.05, 0) is 62.7 Å². The zero-order valence-electron chi connectivity index (χ0n) is 17.1. The first-order chi connectivity index (χ1) is 13.8. The monoisotopic (exact) mass is 402 g/mol. The number of methoxy groups -OCH3 is 1. The van der Waals surface area contributed by atoms with Gasteiger partial charge in [-0.3, -0.25) is 9.59 Å². The second-order valence-electron chi connectivity index (χ2n) is 6.95. The van der Waals surface area contributed by atoms with Gasteiger partial charge in [0.05, 0.1) is 7.11 Å². The first-order valence-corrected chi connectivity index (χ1v) is 9.41. The number of nitrogens with zero attached hydrogens (tertiary/aromatic N) is 1. The number of benzene rings is 2. The highest BCUT2D eigenvalue weighted by molar-refractivity contribution is 5.88. The average Bonchev–Trinajstić information content (AvgIpc) is 2.70. The fourth-order valence-electron chi connectivity index (χ4n) is 2.67. The van der Waals surface area contributed by atoms with Crippen molar-refractivity contribution in [1.82, 2.24) is 10.2 Å². The standard InChI is InChI=1S/C22H27FN2O4/c1-15(2)24-22(27)16(3)25(13-17-5-9-19(28-4)10-6-17)21(26)14-29-20-11-7-18(23)8-12-20/h5-12,15-16H,13-14H2,1-4H3,(H,24,27)/t16-/m1/s1. The molecule has 2 aromatic rings. The highest BCUT2D eigenvalue weighted by atomic mass is 19.1. The topological polar surface area (TPSA) is 67.9 Å². The fraction of sp³-hybridized carbons (Fsp3) is 0.364. The van der Waals surface area contributed by atoms with Gasteiger partial charge in [-0.15, -0.1) is 0 Å². The summed E-state index contributed by atoms with van der Waals surface area (Å²) in [4.78, 5) is 26.8. The van der Waals surface area contributed by atoms with Crippen LogP contribution < -0.4 is 14.8 Å². The lowest BCUT2D eigenvalue weighted by Crippen LogP contribution is -2.50. The summed E-state index contributed by atoms with van der Waals surface area (Å²) < 4.78 is 23.7. The number of amides is 2. The highest BCUT2D eigenvalue weighted by Gasteiger charge is 2.26. The van der Waals surface area contributed by atoms with Crippen molar-refractivity contribution < 1.29 is 23.5 Å². The summed E-state index contributed by atoms with van der Waals surface area (Å²) in [7, 11) is 1.58. The van der Waals surface area contributed by atoms with Crippen LogP contribution in [0.5, 0.6) is 11.5 Å². The minimum Gasteiger partial charge on any atom is -0.497 e. The van der Waals surface area contributed by atoms with Crippen LogP contribution in [-0.4, -0.2) is 42.5 Å². The van der Waals surface area contributed by atoms with Crippen molar-refractivity contribution in [2.45, 2.75) is 39.4 Å². The largest absolute Gasteiger partial charge is 0.497 e. The second-order valence-corrected chi connectivity index (χ2v) is 6.95. The van der Waals surface area contributed by atoms with Gasteiger partial charge in [-0.25, -0.2) is 4.39 Å². The number of nitrogens with one attached hydrogen (secondary N) is 1. The van der Waals surface area contributed by atoms with E-state index in [-0.39, 0.29) is 36.8 Å². The van der Waals surface area contributed by atoms with E-state index in [1.807, 2.05) is 26.0 Å². The molecule has 0 fully saturated rings. The molecule has 2 amide bonds. The van der Waals surface area contributed by atoms with Crippen LogP contribution in [-0.2, 0) is 16.1 Å². The Kier molecular flexibility index (Phi) is 8.00. The van der Waals surface area contributed by atoms with Crippen molar-refractivity contribution in [3.63, 3.8) is 0 Å². The minimum atomic E-state index is -0.691. The Morgan fingerprint density at radius 3 is 2.14 bits per heavy atom. The number of rotatable bonds is 9. The molecule has 0 aliphatic carbocycles.